The molecule has 4 rings (SSSR count). The smallest absolute Gasteiger partial charge is 0.348 e. The summed E-state index contributed by atoms with van der Waals surface area (Å²) in [6, 6.07) is 1.83. The number of methoxy groups -OCH3 is 1. The van der Waals surface area contributed by atoms with Gasteiger partial charge in [0.25, 0.3) is 0 Å². The molecule has 0 spiro atoms. The maximum Gasteiger partial charge on any atom is 0.348 e. The molecule has 2 aromatic carbocycles. The summed E-state index contributed by atoms with van der Waals surface area (Å²) in [4.78, 5) is 12.4. The molecule has 1 atom stereocenters. The topological polar surface area (TPSA) is 65.0 Å². The van der Waals surface area contributed by atoms with Gasteiger partial charge in [0.1, 0.15) is 23.2 Å². The Hall–Kier alpha value is -2.43. The standard InChI is InChI=1S/C18H18O5/c1-7-6-9(21-5)15-11-10(7)16-13(18(3,4)8(2)22-16)14(19)12(11)17(20)23-15/h6,8,19H,1-5H3/t8-/m1/s1. The Labute approximate surface area is 133 Å². The van der Waals surface area contributed by atoms with E-state index >= 15 is 0 Å². The Balaban J connectivity index is 2.26. The van der Waals surface area contributed by atoms with Crippen molar-refractivity contribution in [2.75, 3.05) is 7.11 Å². The van der Waals surface area contributed by atoms with Crippen LogP contribution in [0.2, 0.25) is 0 Å². The molecule has 0 aromatic heterocycles. The fourth-order valence-electron chi connectivity index (χ4n) is 3.61. The minimum atomic E-state index is -0.551. The van der Waals surface area contributed by atoms with Crippen LogP contribution in [0.4, 0.5) is 0 Å². The first-order valence-corrected chi connectivity index (χ1v) is 7.58. The van der Waals surface area contributed by atoms with Gasteiger partial charge < -0.3 is 19.3 Å². The predicted molar refractivity (Wildman–Crippen MR) is 85.0 cm³/mol. The molecule has 0 saturated carbocycles. The number of hydrogen-bond donors (Lipinski definition) is 1. The van der Waals surface area contributed by atoms with Crippen molar-refractivity contribution in [1.82, 2.24) is 0 Å². The van der Waals surface area contributed by atoms with Crippen LogP contribution in [0.3, 0.4) is 0 Å². The number of aryl methyl sites for hydroxylation is 1. The summed E-state index contributed by atoms with van der Waals surface area (Å²) in [7, 11) is 1.53. The van der Waals surface area contributed by atoms with Crippen LogP contribution < -0.4 is 14.2 Å². The maximum atomic E-state index is 12.4. The van der Waals surface area contributed by atoms with Gasteiger partial charge in [-0.3, -0.25) is 0 Å². The van der Waals surface area contributed by atoms with Gasteiger partial charge in [0.05, 0.1) is 12.5 Å². The second-order valence-corrected chi connectivity index (χ2v) is 6.77. The molecule has 0 fully saturated rings. The van der Waals surface area contributed by atoms with Gasteiger partial charge in [0.15, 0.2) is 11.5 Å². The van der Waals surface area contributed by atoms with Crippen molar-refractivity contribution >= 4 is 16.7 Å². The number of carbonyl (C=O) groups excluding carboxylic acids is 1. The number of carbonyl (C=O) groups is 1. The highest BCUT2D eigenvalue weighted by molar-refractivity contribution is 6.19. The molecule has 23 heavy (non-hydrogen) atoms. The number of aromatic hydroxyl groups is 1. The highest BCUT2D eigenvalue weighted by atomic mass is 16.6. The molecule has 120 valence electrons. The number of phenolic OH excluding ortho intramolecular Hbond substituents is 1. The summed E-state index contributed by atoms with van der Waals surface area (Å²) in [5, 5.41) is 12.2. The van der Waals surface area contributed by atoms with Crippen molar-refractivity contribution in [3.8, 4) is 23.0 Å². The molecule has 0 amide bonds. The Morgan fingerprint density at radius 1 is 1.26 bits per heavy atom. The van der Waals surface area contributed by atoms with Gasteiger partial charge in [0.2, 0.25) is 0 Å². The number of ether oxygens (including phenoxy) is 3. The predicted octanol–water partition coefficient (Wildman–Crippen LogP) is 3.45. The molecule has 0 bridgehead atoms. The van der Waals surface area contributed by atoms with Crippen LogP contribution in [0, 0.1) is 6.92 Å². The van der Waals surface area contributed by atoms with E-state index in [1.54, 1.807) is 0 Å². The van der Waals surface area contributed by atoms with Crippen molar-refractivity contribution in [3.63, 3.8) is 0 Å². The molecular formula is C18H18O5. The van der Waals surface area contributed by atoms with Gasteiger partial charge in [-0.15, -0.1) is 0 Å². The monoisotopic (exact) mass is 314 g/mol. The van der Waals surface area contributed by atoms with Crippen LogP contribution in [0.25, 0.3) is 10.8 Å². The summed E-state index contributed by atoms with van der Waals surface area (Å²) in [5.74, 6) is 0.875. The van der Waals surface area contributed by atoms with E-state index in [1.807, 2.05) is 33.8 Å². The number of rotatable bonds is 1. The molecule has 0 saturated heterocycles. The minimum Gasteiger partial charge on any atom is -0.507 e. The normalized spacial score (nSPS) is 20.4. The lowest BCUT2D eigenvalue weighted by molar-refractivity contribution is 0.0747. The molecule has 5 nitrogen and oxygen atoms in total. The van der Waals surface area contributed by atoms with Gasteiger partial charge in [-0.1, -0.05) is 13.8 Å². The number of hydrogen-bond acceptors (Lipinski definition) is 5. The van der Waals surface area contributed by atoms with E-state index < -0.39 is 11.4 Å². The van der Waals surface area contributed by atoms with Crippen LogP contribution >= 0.6 is 0 Å². The largest absolute Gasteiger partial charge is 0.507 e. The Morgan fingerprint density at radius 2 is 1.96 bits per heavy atom. The van der Waals surface area contributed by atoms with E-state index in [0.717, 1.165) is 10.9 Å². The van der Waals surface area contributed by atoms with Crippen molar-refractivity contribution in [2.24, 2.45) is 0 Å². The first-order valence-electron chi connectivity index (χ1n) is 7.58. The highest BCUT2D eigenvalue weighted by Gasteiger charge is 2.46. The van der Waals surface area contributed by atoms with E-state index in [4.69, 9.17) is 14.2 Å². The van der Waals surface area contributed by atoms with Crippen molar-refractivity contribution < 1.29 is 24.1 Å². The van der Waals surface area contributed by atoms with Crippen LogP contribution in [-0.4, -0.2) is 24.3 Å². The van der Waals surface area contributed by atoms with Gasteiger partial charge in [0, 0.05) is 16.4 Å². The third kappa shape index (κ3) is 1.49. The molecule has 0 unspecified atom stereocenters. The third-order valence-corrected chi connectivity index (χ3v) is 5.19. The quantitative estimate of drug-likeness (QED) is 0.645. The summed E-state index contributed by atoms with van der Waals surface area (Å²) < 4.78 is 16.8. The van der Waals surface area contributed by atoms with E-state index in [0.29, 0.717) is 28.2 Å². The lowest BCUT2D eigenvalue weighted by atomic mass is 9.79. The average Bonchev–Trinajstić information content (AvgIpc) is 2.93. The lowest BCUT2D eigenvalue weighted by Gasteiger charge is -2.23. The molecule has 0 radical (unpaired) electrons. The number of benzene rings is 2. The van der Waals surface area contributed by atoms with Crippen LogP contribution in [0.5, 0.6) is 23.0 Å². The summed E-state index contributed by atoms with van der Waals surface area (Å²) >= 11 is 0. The van der Waals surface area contributed by atoms with Crippen LogP contribution in [0.1, 0.15) is 42.3 Å². The van der Waals surface area contributed by atoms with E-state index in [9.17, 15) is 9.90 Å². The zero-order valence-corrected chi connectivity index (χ0v) is 13.7. The molecule has 2 aliphatic heterocycles. The van der Waals surface area contributed by atoms with E-state index in [1.165, 1.54) is 7.11 Å². The van der Waals surface area contributed by atoms with Crippen molar-refractivity contribution in [2.45, 2.75) is 39.2 Å². The van der Waals surface area contributed by atoms with Gasteiger partial charge in [-0.05, 0) is 25.5 Å². The van der Waals surface area contributed by atoms with Crippen molar-refractivity contribution in [1.29, 1.82) is 0 Å². The average molecular weight is 314 g/mol. The van der Waals surface area contributed by atoms with Crippen molar-refractivity contribution in [3.05, 3.63) is 22.8 Å². The molecule has 5 heteroatoms. The highest BCUT2D eigenvalue weighted by Crippen LogP contribution is 2.58. The molecule has 1 N–H and O–H groups in total. The Kier molecular flexibility index (Phi) is 2.53. The summed E-state index contributed by atoms with van der Waals surface area (Å²) in [6.45, 7) is 7.91. The molecule has 2 aliphatic rings. The van der Waals surface area contributed by atoms with Gasteiger partial charge in [-0.25, -0.2) is 4.79 Å². The molecule has 0 aliphatic carbocycles. The van der Waals surface area contributed by atoms with Crippen LogP contribution in [-0.2, 0) is 5.41 Å². The number of fused-ring (bicyclic) bond motifs is 2. The number of esters is 1. The second-order valence-electron chi connectivity index (χ2n) is 6.77. The summed E-state index contributed by atoms with van der Waals surface area (Å²) in [5.41, 5.74) is 1.40. The Morgan fingerprint density at radius 3 is 2.61 bits per heavy atom. The third-order valence-electron chi connectivity index (χ3n) is 5.19. The first kappa shape index (κ1) is 14.2. The fraction of sp³-hybridized carbons (Fsp3) is 0.389. The maximum absolute atomic E-state index is 12.4. The van der Waals surface area contributed by atoms with Crippen LogP contribution in [0.15, 0.2) is 6.07 Å². The fourth-order valence-corrected chi connectivity index (χ4v) is 3.61. The Bertz CT molecular complexity index is 895. The molecule has 2 aromatic rings. The SMILES string of the molecule is COc1cc(C)c2c3c(c(O)c4c2c1OC4=O)C(C)(C)[C@@H](C)O3. The zero-order valence-electron chi connectivity index (χ0n) is 13.7. The molecular weight excluding hydrogens is 296 g/mol. The molecule has 2 heterocycles. The van der Waals surface area contributed by atoms with E-state index in [2.05, 4.69) is 0 Å². The first-order chi connectivity index (χ1) is 10.8. The number of phenols is 1. The zero-order chi connectivity index (χ0) is 16.7. The van der Waals surface area contributed by atoms with E-state index in [-0.39, 0.29) is 17.4 Å². The summed E-state index contributed by atoms with van der Waals surface area (Å²) in [6.07, 6.45) is -0.109. The minimum absolute atomic E-state index is 0.0433. The van der Waals surface area contributed by atoms with Gasteiger partial charge in [-0.2, -0.15) is 0 Å². The second kappa shape index (κ2) is 4.10. The lowest BCUT2D eigenvalue weighted by Crippen LogP contribution is -2.29. The van der Waals surface area contributed by atoms with Gasteiger partial charge >= 0.3 is 5.97 Å².